The van der Waals surface area contributed by atoms with Crippen LogP contribution in [0.4, 0.5) is 0 Å². The van der Waals surface area contributed by atoms with Crippen molar-refractivity contribution in [1.82, 2.24) is 15.5 Å². The van der Waals surface area contributed by atoms with E-state index in [-0.39, 0.29) is 29.1 Å². The minimum atomic E-state index is -0.724. The zero-order valence-corrected chi connectivity index (χ0v) is 18.9. The zero-order chi connectivity index (χ0) is 22.3. The molecule has 0 aromatic heterocycles. The van der Waals surface area contributed by atoms with Crippen LogP contribution in [0.2, 0.25) is 0 Å². The van der Waals surface area contributed by atoms with Crippen LogP contribution >= 0.6 is 11.8 Å². The van der Waals surface area contributed by atoms with Crippen LogP contribution in [0.3, 0.4) is 0 Å². The van der Waals surface area contributed by atoms with Gasteiger partial charge in [0.05, 0.1) is 6.04 Å². The Morgan fingerprint density at radius 3 is 2.35 bits per heavy atom. The van der Waals surface area contributed by atoms with E-state index in [1.165, 1.54) is 0 Å². The van der Waals surface area contributed by atoms with E-state index in [4.69, 9.17) is 0 Å². The Kier molecular flexibility index (Phi) is 5.56. The molecule has 0 saturated carbocycles. The van der Waals surface area contributed by atoms with Crippen LogP contribution in [0, 0.1) is 0 Å². The fourth-order valence-corrected chi connectivity index (χ4v) is 5.91. The molecule has 3 amide bonds. The maximum atomic E-state index is 13.3. The lowest BCUT2D eigenvalue weighted by atomic mass is 10.0. The molecule has 2 aliphatic rings. The van der Waals surface area contributed by atoms with Crippen molar-refractivity contribution in [3.63, 3.8) is 0 Å². The van der Waals surface area contributed by atoms with Gasteiger partial charge in [0.1, 0.15) is 17.5 Å². The number of amides is 3. The van der Waals surface area contributed by atoms with Gasteiger partial charge >= 0.3 is 0 Å². The van der Waals surface area contributed by atoms with Gasteiger partial charge in [0.25, 0.3) is 5.91 Å². The molecule has 2 aliphatic heterocycles. The number of fused-ring (bicyclic) bond motifs is 3. The lowest BCUT2D eigenvalue weighted by Crippen LogP contribution is -2.56. The van der Waals surface area contributed by atoms with Crippen LogP contribution in [0.1, 0.15) is 60.6 Å². The van der Waals surface area contributed by atoms with Gasteiger partial charge in [0, 0.05) is 10.3 Å². The summed E-state index contributed by atoms with van der Waals surface area (Å²) in [5.41, 5.74) is 2.59. The fourth-order valence-electron chi connectivity index (χ4n) is 4.33. The molecule has 0 radical (unpaired) electrons. The Balaban J connectivity index is 1.46. The predicted octanol–water partition coefficient (Wildman–Crippen LogP) is 3.42. The van der Waals surface area contributed by atoms with Gasteiger partial charge < -0.3 is 15.5 Å². The molecule has 31 heavy (non-hydrogen) atoms. The van der Waals surface area contributed by atoms with Crippen LogP contribution in [0.25, 0.3) is 0 Å². The van der Waals surface area contributed by atoms with Crippen molar-refractivity contribution in [2.45, 2.75) is 55.9 Å². The zero-order valence-electron chi connectivity index (χ0n) is 18.1. The van der Waals surface area contributed by atoms with Crippen molar-refractivity contribution in [2.75, 3.05) is 0 Å². The molecule has 6 nitrogen and oxygen atoms in total. The molecule has 0 unspecified atom stereocenters. The summed E-state index contributed by atoms with van der Waals surface area (Å²) in [7, 11) is 0. The van der Waals surface area contributed by atoms with Crippen LogP contribution in [0.5, 0.6) is 0 Å². The Bertz CT molecular complexity index is 1020. The third kappa shape index (κ3) is 3.83. The van der Waals surface area contributed by atoms with Crippen LogP contribution in [-0.2, 0) is 9.59 Å². The van der Waals surface area contributed by atoms with E-state index in [1.807, 2.05) is 69.3 Å². The first kappa shape index (κ1) is 21.4. The highest BCUT2D eigenvalue weighted by Crippen LogP contribution is 2.56. The number of carbonyl (C=O) groups is 3. The first-order valence-electron chi connectivity index (χ1n) is 10.5. The highest BCUT2D eigenvalue weighted by atomic mass is 32.2. The van der Waals surface area contributed by atoms with Crippen molar-refractivity contribution < 1.29 is 14.4 Å². The van der Waals surface area contributed by atoms with Gasteiger partial charge in [0.15, 0.2) is 0 Å². The van der Waals surface area contributed by atoms with Gasteiger partial charge in [-0.2, -0.15) is 0 Å². The molecule has 2 aromatic carbocycles. The van der Waals surface area contributed by atoms with Gasteiger partial charge in [-0.1, -0.05) is 48.5 Å². The first-order chi connectivity index (χ1) is 14.7. The summed E-state index contributed by atoms with van der Waals surface area (Å²) in [6.45, 7) is 7.51. The van der Waals surface area contributed by atoms with Crippen molar-refractivity contribution in [3.05, 3.63) is 71.3 Å². The van der Waals surface area contributed by atoms with Crippen molar-refractivity contribution in [2.24, 2.45) is 0 Å². The fraction of sp³-hybridized carbons (Fsp3) is 0.375. The molecule has 1 fully saturated rings. The number of benzene rings is 2. The molecule has 2 heterocycles. The predicted molar refractivity (Wildman–Crippen MR) is 121 cm³/mol. The number of hydrogen-bond donors (Lipinski definition) is 2. The lowest BCUT2D eigenvalue weighted by Gasteiger charge is -2.30. The lowest BCUT2D eigenvalue weighted by molar-refractivity contribution is -0.131. The summed E-state index contributed by atoms with van der Waals surface area (Å²) < 4.78 is -0.481. The summed E-state index contributed by atoms with van der Waals surface area (Å²) in [6, 6.07) is 15.6. The molecule has 7 heteroatoms. The Labute approximate surface area is 186 Å². The molecular formula is C24H27N3O3S. The third-order valence-electron chi connectivity index (χ3n) is 5.96. The molecule has 0 spiro atoms. The standard InChI is InChI=1S/C24H27N3O3S/c1-14(16-10-6-5-7-11-16)25-20(28)15(2)26-21(29)19-24(3,4)31-23-18-13-9-8-12-17(18)22(30)27(19)23/h5-15,19,23H,1-4H3,(H,25,28)(H,26,29)/t14-,15-,19+,23-/m0/s1. The first-order valence-corrected chi connectivity index (χ1v) is 11.3. The molecule has 2 aromatic rings. The van der Waals surface area contributed by atoms with Crippen molar-refractivity contribution >= 4 is 29.5 Å². The molecular weight excluding hydrogens is 410 g/mol. The van der Waals surface area contributed by atoms with E-state index < -0.39 is 16.8 Å². The van der Waals surface area contributed by atoms with E-state index in [0.717, 1.165) is 11.1 Å². The Morgan fingerprint density at radius 2 is 1.65 bits per heavy atom. The van der Waals surface area contributed by atoms with Crippen LogP contribution in [0.15, 0.2) is 54.6 Å². The SMILES string of the molecule is C[C@H](NC(=O)[C@H]1N2C(=O)c3ccccc3[C@@H]2SC1(C)C)C(=O)N[C@@H](C)c1ccccc1. The number of nitrogens with zero attached hydrogens (tertiary/aromatic N) is 1. The largest absolute Gasteiger partial charge is 0.348 e. The average Bonchev–Trinajstić information content (AvgIpc) is 3.17. The van der Waals surface area contributed by atoms with Gasteiger partial charge in [-0.3, -0.25) is 14.4 Å². The molecule has 4 atom stereocenters. The molecule has 0 aliphatic carbocycles. The minimum Gasteiger partial charge on any atom is -0.348 e. The van der Waals surface area contributed by atoms with Gasteiger partial charge in [-0.15, -0.1) is 11.8 Å². The summed E-state index contributed by atoms with van der Waals surface area (Å²) in [4.78, 5) is 40.7. The van der Waals surface area contributed by atoms with E-state index in [1.54, 1.807) is 29.7 Å². The number of hydrogen-bond acceptors (Lipinski definition) is 4. The second-order valence-corrected chi connectivity index (χ2v) is 10.4. The molecule has 1 saturated heterocycles. The smallest absolute Gasteiger partial charge is 0.256 e. The minimum absolute atomic E-state index is 0.131. The monoisotopic (exact) mass is 437 g/mol. The van der Waals surface area contributed by atoms with Crippen molar-refractivity contribution in [3.8, 4) is 0 Å². The van der Waals surface area contributed by atoms with Gasteiger partial charge in [-0.05, 0) is 44.9 Å². The highest BCUT2D eigenvalue weighted by Gasteiger charge is 2.57. The van der Waals surface area contributed by atoms with Gasteiger partial charge in [0.2, 0.25) is 11.8 Å². The Morgan fingerprint density at radius 1 is 1.00 bits per heavy atom. The van der Waals surface area contributed by atoms with Crippen molar-refractivity contribution in [1.29, 1.82) is 0 Å². The summed E-state index contributed by atoms with van der Waals surface area (Å²) in [5.74, 6) is -0.703. The topological polar surface area (TPSA) is 78.5 Å². The second kappa shape index (κ2) is 8.04. The summed E-state index contributed by atoms with van der Waals surface area (Å²) in [6.07, 6.45) is 0. The summed E-state index contributed by atoms with van der Waals surface area (Å²) >= 11 is 1.61. The number of rotatable bonds is 5. The summed E-state index contributed by atoms with van der Waals surface area (Å²) in [5, 5.41) is 5.59. The van der Waals surface area contributed by atoms with Gasteiger partial charge in [-0.25, -0.2) is 0 Å². The molecule has 162 valence electrons. The molecule has 0 bridgehead atoms. The number of nitrogens with one attached hydrogen (secondary N) is 2. The maximum absolute atomic E-state index is 13.3. The van der Waals surface area contributed by atoms with Crippen LogP contribution < -0.4 is 10.6 Å². The third-order valence-corrected chi connectivity index (χ3v) is 7.49. The Hall–Kier alpha value is -2.80. The second-order valence-electron chi connectivity index (χ2n) is 8.65. The van der Waals surface area contributed by atoms with E-state index >= 15 is 0 Å². The van der Waals surface area contributed by atoms with Crippen LogP contribution in [-0.4, -0.2) is 39.5 Å². The van der Waals surface area contributed by atoms with E-state index in [9.17, 15) is 14.4 Å². The maximum Gasteiger partial charge on any atom is 0.256 e. The number of carbonyl (C=O) groups excluding carboxylic acids is 3. The average molecular weight is 438 g/mol. The molecule has 4 rings (SSSR count). The molecule has 2 N–H and O–H groups in total. The highest BCUT2D eigenvalue weighted by molar-refractivity contribution is 8.01. The quantitative estimate of drug-likeness (QED) is 0.751. The van der Waals surface area contributed by atoms with E-state index in [0.29, 0.717) is 5.56 Å². The number of thioether (sulfide) groups is 1. The van der Waals surface area contributed by atoms with E-state index in [2.05, 4.69) is 10.6 Å². The normalized spacial score (nSPS) is 23.0.